The van der Waals surface area contributed by atoms with Crippen molar-refractivity contribution in [2.45, 2.75) is 33.5 Å². The third-order valence-electron chi connectivity index (χ3n) is 2.77. The summed E-state index contributed by atoms with van der Waals surface area (Å²) in [6, 6.07) is 3.79. The molecule has 0 amide bonds. The Bertz CT molecular complexity index is 537. The van der Waals surface area contributed by atoms with Gasteiger partial charge >= 0.3 is 0 Å². The molecule has 0 aliphatic carbocycles. The van der Waals surface area contributed by atoms with Gasteiger partial charge in [0.15, 0.2) is 11.8 Å². The average Bonchev–Trinajstić information content (AvgIpc) is 3.12. The van der Waals surface area contributed by atoms with Crippen molar-refractivity contribution in [3.05, 3.63) is 36.3 Å². The minimum atomic E-state index is 0. The van der Waals surface area contributed by atoms with Crippen LogP contribution < -0.4 is 10.6 Å². The molecule has 2 N–H and O–H groups in total. The zero-order valence-corrected chi connectivity index (χ0v) is 14.6. The number of hydrogen-bond acceptors (Lipinski definition) is 4. The number of halogens is 1. The third-order valence-corrected chi connectivity index (χ3v) is 2.77. The summed E-state index contributed by atoms with van der Waals surface area (Å²) in [6.07, 6.45) is 3.37. The molecule has 0 unspecified atom stereocenters. The number of nitrogens with one attached hydrogen (secondary N) is 2. The van der Waals surface area contributed by atoms with Crippen molar-refractivity contribution in [2.75, 3.05) is 6.54 Å². The maximum atomic E-state index is 5.28. The summed E-state index contributed by atoms with van der Waals surface area (Å²) >= 11 is 0. The minimum Gasteiger partial charge on any atom is -0.467 e. The van der Waals surface area contributed by atoms with Gasteiger partial charge in [0, 0.05) is 13.1 Å². The van der Waals surface area contributed by atoms with E-state index in [1.165, 1.54) is 0 Å². The lowest BCUT2D eigenvalue weighted by molar-refractivity contribution is 0.501. The van der Waals surface area contributed by atoms with Crippen LogP contribution in [0.2, 0.25) is 0 Å². The number of aryl methyl sites for hydroxylation is 1. The molecule has 2 heterocycles. The maximum absolute atomic E-state index is 5.28. The molecule has 0 saturated carbocycles. The Morgan fingerprint density at radius 3 is 2.90 bits per heavy atom. The number of hydrogen-bond donors (Lipinski definition) is 2. The number of aliphatic imine (C=N–C) groups is 1. The molecular weight excluding hydrogens is 383 g/mol. The summed E-state index contributed by atoms with van der Waals surface area (Å²) in [5, 5.41) is 14.3. The summed E-state index contributed by atoms with van der Waals surface area (Å²) in [5.74, 6) is 2.45. The van der Waals surface area contributed by atoms with Crippen molar-refractivity contribution >= 4 is 29.9 Å². The van der Waals surface area contributed by atoms with E-state index in [4.69, 9.17) is 4.42 Å². The first-order valence-electron chi connectivity index (χ1n) is 6.74. The number of rotatable bonds is 6. The van der Waals surface area contributed by atoms with Crippen LogP contribution in [0.4, 0.5) is 0 Å². The zero-order valence-electron chi connectivity index (χ0n) is 12.2. The first kappa shape index (κ1) is 17.5. The molecule has 0 spiro atoms. The number of guanidine groups is 1. The van der Waals surface area contributed by atoms with Crippen molar-refractivity contribution in [3.63, 3.8) is 0 Å². The molecule has 0 fully saturated rings. The summed E-state index contributed by atoms with van der Waals surface area (Å²) in [5.41, 5.74) is 0. The van der Waals surface area contributed by atoms with Crippen molar-refractivity contribution in [1.82, 2.24) is 25.4 Å². The molecule has 21 heavy (non-hydrogen) atoms. The average molecular weight is 404 g/mol. The summed E-state index contributed by atoms with van der Waals surface area (Å²) < 4.78 is 7.25. The fourth-order valence-electron chi connectivity index (χ4n) is 1.74. The topological polar surface area (TPSA) is 80.3 Å². The number of aromatic nitrogens is 3. The van der Waals surface area contributed by atoms with Gasteiger partial charge in [-0.15, -0.1) is 34.2 Å². The summed E-state index contributed by atoms with van der Waals surface area (Å²) in [4.78, 5) is 4.49. The van der Waals surface area contributed by atoms with Crippen LogP contribution in [0.25, 0.3) is 0 Å². The monoisotopic (exact) mass is 404 g/mol. The predicted octanol–water partition coefficient (Wildman–Crippen LogP) is 1.76. The Labute approximate surface area is 141 Å². The fourth-order valence-corrected chi connectivity index (χ4v) is 1.74. The van der Waals surface area contributed by atoms with Crippen LogP contribution in [0.5, 0.6) is 0 Å². The molecule has 7 nitrogen and oxygen atoms in total. The van der Waals surface area contributed by atoms with E-state index in [0.29, 0.717) is 13.1 Å². The first-order chi connectivity index (χ1) is 9.83. The van der Waals surface area contributed by atoms with E-state index in [-0.39, 0.29) is 24.0 Å². The zero-order chi connectivity index (χ0) is 14.2. The van der Waals surface area contributed by atoms with E-state index < -0.39 is 0 Å². The number of furan rings is 1. The van der Waals surface area contributed by atoms with Crippen LogP contribution in [0.3, 0.4) is 0 Å². The van der Waals surface area contributed by atoms with Gasteiger partial charge < -0.3 is 19.6 Å². The predicted molar refractivity (Wildman–Crippen MR) is 91.5 cm³/mol. The van der Waals surface area contributed by atoms with Crippen LogP contribution in [-0.2, 0) is 19.6 Å². The highest BCUT2D eigenvalue weighted by Crippen LogP contribution is 1.99. The van der Waals surface area contributed by atoms with E-state index in [1.807, 2.05) is 23.6 Å². The highest BCUT2D eigenvalue weighted by molar-refractivity contribution is 14.0. The molecule has 0 aromatic carbocycles. The molecule has 0 aliphatic heterocycles. The molecule has 116 valence electrons. The van der Waals surface area contributed by atoms with E-state index in [9.17, 15) is 0 Å². The molecular formula is C13H21IN6O. The molecule has 2 aromatic rings. The molecule has 0 atom stereocenters. The van der Waals surface area contributed by atoms with E-state index >= 15 is 0 Å². The second-order valence-electron chi connectivity index (χ2n) is 4.16. The van der Waals surface area contributed by atoms with Gasteiger partial charge in [-0.3, -0.25) is 0 Å². The van der Waals surface area contributed by atoms with Crippen LogP contribution >= 0.6 is 24.0 Å². The van der Waals surface area contributed by atoms with Gasteiger partial charge in [-0.05, 0) is 26.0 Å². The SMILES string of the molecule is CCNC(=NCc1nncn1CC)NCc1ccco1.I. The first-order valence-corrected chi connectivity index (χ1v) is 6.74. The summed E-state index contributed by atoms with van der Waals surface area (Å²) in [6.45, 7) is 6.80. The molecule has 2 rings (SSSR count). The van der Waals surface area contributed by atoms with E-state index in [2.05, 4.69) is 32.7 Å². The van der Waals surface area contributed by atoms with Gasteiger partial charge in [0.2, 0.25) is 0 Å². The highest BCUT2D eigenvalue weighted by atomic mass is 127. The van der Waals surface area contributed by atoms with Gasteiger partial charge in [-0.25, -0.2) is 4.99 Å². The van der Waals surface area contributed by atoms with Gasteiger partial charge in [0.05, 0.1) is 12.8 Å². The van der Waals surface area contributed by atoms with E-state index in [1.54, 1.807) is 12.6 Å². The number of nitrogens with zero attached hydrogens (tertiary/aromatic N) is 4. The minimum absolute atomic E-state index is 0. The van der Waals surface area contributed by atoms with Crippen molar-refractivity contribution < 1.29 is 4.42 Å². The second-order valence-corrected chi connectivity index (χ2v) is 4.16. The largest absolute Gasteiger partial charge is 0.467 e. The molecule has 0 radical (unpaired) electrons. The van der Waals surface area contributed by atoms with Crippen LogP contribution in [0.1, 0.15) is 25.4 Å². The molecule has 0 saturated heterocycles. The van der Waals surface area contributed by atoms with Gasteiger partial charge in [0.1, 0.15) is 18.6 Å². The second kappa shape index (κ2) is 9.37. The van der Waals surface area contributed by atoms with Crippen LogP contribution in [-0.4, -0.2) is 27.3 Å². The van der Waals surface area contributed by atoms with E-state index in [0.717, 1.165) is 30.6 Å². The normalized spacial score (nSPS) is 11.0. The Balaban J connectivity index is 0.00000220. The lowest BCUT2D eigenvalue weighted by Crippen LogP contribution is -2.36. The summed E-state index contributed by atoms with van der Waals surface area (Å²) in [7, 11) is 0. The van der Waals surface area contributed by atoms with Gasteiger partial charge in [0.25, 0.3) is 0 Å². The van der Waals surface area contributed by atoms with Crippen molar-refractivity contribution in [2.24, 2.45) is 4.99 Å². The lowest BCUT2D eigenvalue weighted by atomic mass is 10.4. The molecule has 0 bridgehead atoms. The highest BCUT2D eigenvalue weighted by Gasteiger charge is 2.03. The lowest BCUT2D eigenvalue weighted by Gasteiger charge is -2.10. The fraction of sp³-hybridized carbons (Fsp3) is 0.462. The van der Waals surface area contributed by atoms with Gasteiger partial charge in [-0.1, -0.05) is 0 Å². The van der Waals surface area contributed by atoms with Gasteiger partial charge in [-0.2, -0.15) is 0 Å². The van der Waals surface area contributed by atoms with Crippen molar-refractivity contribution in [3.8, 4) is 0 Å². The molecule has 2 aromatic heterocycles. The van der Waals surface area contributed by atoms with Crippen LogP contribution in [0, 0.1) is 0 Å². The Kier molecular flexibility index (Phi) is 7.80. The quantitative estimate of drug-likeness (QED) is 0.436. The standard InChI is InChI=1S/C13H20N6O.HI/c1-3-14-13(15-8-11-6-5-7-20-11)16-9-12-18-17-10-19(12)4-2;/h5-7,10H,3-4,8-9H2,1-2H3,(H2,14,15,16);1H. The smallest absolute Gasteiger partial charge is 0.192 e. The maximum Gasteiger partial charge on any atom is 0.192 e. The van der Waals surface area contributed by atoms with Crippen LogP contribution in [0.15, 0.2) is 34.1 Å². The Morgan fingerprint density at radius 2 is 2.24 bits per heavy atom. The third kappa shape index (κ3) is 5.37. The molecule has 8 heteroatoms. The Hall–Kier alpha value is -1.58. The van der Waals surface area contributed by atoms with Crippen molar-refractivity contribution in [1.29, 1.82) is 0 Å². The Morgan fingerprint density at radius 1 is 1.38 bits per heavy atom. The molecule has 0 aliphatic rings.